The summed E-state index contributed by atoms with van der Waals surface area (Å²) in [5.74, 6) is -0.803. The lowest BCUT2D eigenvalue weighted by atomic mass is 10.0. The van der Waals surface area contributed by atoms with Gasteiger partial charge in [0.2, 0.25) is 17.7 Å². The largest absolute Gasteiger partial charge is 0.346 e. The molecule has 3 rings (SSSR count). The molecule has 1 aliphatic heterocycles. The number of benzene rings is 2. The number of carbonyl (C=O) groups excluding carboxylic acids is 3. The first-order chi connectivity index (χ1) is 15.7. The predicted octanol–water partition coefficient (Wildman–Crippen LogP) is 4.16. The Hall–Kier alpha value is -2.61. The number of nitrogens with one attached hydrogen (secondary N) is 3. The van der Waals surface area contributed by atoms with Crippen LogP contribution < -0.4 is 16.0 Å². The lowest BCUT2D eigenvalue weighted by Crippen LogP contribution is -2.51. The fourth-order valence-corrected chi connectivity index (χ4v) is 4.19. The van der Waals surface area contributed by atoms with Crippen LogP contribution in [0, 0.1) is 13.8 Å². The number of likely N-dealkylation sites (tertiary alicyclic amines) is 1. The van der Waals surface area contributed by atoms with Gasteiger partial charge in [0.25, 0.3) is 0 Å². The number of carbonyl (C=O) groups is 3. The Morgan fingerprint density at radius 1 is 0.970 bits per heavy atom. The van der Waals surface area contributed by atoms with Crippen molar-refractivity contribution < 1.29 is 14.4 Å². The fraction of sp³-hybridized carbons (Fsp3) is 0.375. The minimum Gasteiger partial charge on any atom is -0.346 e. The van der Waals surface area contributed by atoms with Crippen molar-refractivity contribution in [3.8, 4) is 0 Å². The van der Waals surface area contributed by atoms with Gasteiger partial charge >= 0.3 is 0 Å². The SMILES string of the molecule is Cc1cccc(C)c1NC(=O)CNC(=O)CN1CCCCC1C(=O)Nc1ccc(Cl)c(Cl)c1. The third-order valence-corrected chi connectivity index (χ3v) is 6.38. The van der Waals surface area contributed by atoms with E-state index >= 15 is 0 Å². The first-order valence-corrected chi connectivity index (χ1v) is 11.6. The van der Waals surface area contributed by atoms with Crippen molar-refractivity contribution in [2.24, 2.45) is 0 Å². The molecule has 7 nitrogen and oxygen atoms in total. The van der Waals surface area contributed by atoms with Crippen LogP contribution in [-0.2, 0) is 14.4 Å². The van der Waals surface area contributed by atoms with Crippen molar-refractivity contribution in [3.63, 3.8) is 0 Å². The summed E-state index contributed by atoms with van der Waals surface area (Å²) in [6, 6.07) is 10.2. The first kappa shape index (κ1) is 25.0. The van der Waals surface area contributed by atoms with E-state index in [1.807, 2.05) is 36.9 Å². The van der Waals surface area contributed by atoms with Gasteiger partial charge in [-0.05, 0) is 62.6 Å². The zero-order valence-electron chi connectivity index (χ0n) is 18.7. The number of piperidine rings is 1. The lowest BCUT2D eigenvalue weighted by molar-refractivity contribution is -0.128. The summed E-state index contributed by atoms with van der Waals surface area (Å²) in [6.45, 7) is 4.36. The predicted molar refractivity (Wildman–Crippen MR) is 132 cm³/mol. The van der Waals surface area contributed by atoms with E-state index < -0.39 is 6.04 Å². The number of aryl methyl sites for hydroxylation is 2. The highest BCUT2D eigenvalue weighted by Gasteiger charge is 2.30. The smallest absolute Gasteiger partial charge is 0.243 e. The average molecular weight is 491 g/mol. The molecule has 1 aliphatic rings. The lowest BCUT2D eigenvalue weighted by Gasteiger charge is -2.34. The zero-order chi connectivity index (χ0) is 24.0. The normalized spacial score (nSPS) is 16.2. The molecule has 0 spiro atoms. The minimum atomic E-state index is -0.442. The molecule has 0 aromatic heterocycles. The van der Waals surface area contributed by atoms with Gasteiger partial charge in [0.05, 0.1) is 29.2 Å². The second-order valence-electron chi connectivity index (χ2n) is 8.19. The molecule has 0 saturated carbocycles. The van der Waals surface area contributed by atoms with Gasteiger partial charge in [0.15, 0.2) is 0 Å². The molecule has 1 saturated heterocycles. The fourth-order valence-electron chi connectivity index (χ4n) is 3.89. The molecule has 0 bridgehead atoms. The van der Waals surface area contributed by atoms with Gasteiger partial charge in [-0.25, -0.2) is 0 Å². The number of hydrogen-bond acceptors (Lipinski definition) is 4. The van der Waals surface area contributed by atoms with Crippen LogP contribution in [0.5, 0.6) is 0 Å². The Labute approximate surface area is 203 Å². The Bertz CT molecular complexity index is 1020. The Balaban J connectivity index is 1.53. The van der Waals surface area contributed by atoms with Crippen molar-refractivity contribution in [2.45, 2.75) is 39.2 Å². The molecule has 1 atom stereocenters. The van der Waals surface area contributed by atoms with E-state index in [2.05, 4.69) is 16.0 Å². The molecule has 33 heavy (non-hydrogen) atoms. The number of rotatable bonds is 7. The van der Waals surface area contributed by atoms with Crippen molar-refractivity contribution in [2.75, 3.05) is 30.3 Å². The number of anilines is 2. The summed E-state index contributed by atoms with van der Waals surface area (Å²) >= 11 is 12.0. The van der Waals surface area contributed by atoms with E-state index in [0.717, 1.165) is 29.7 Å². The number of hydrogen-bond donors (Lipinski definition) is 3. The summed E-state index contributed by atoms with van der Waals surface area (Å²) < 4.78 is 0. The van der Waals surface area contributed by atoms with Crippen molar-refractivity contribution in [3.05, 3.63) is 57.6 Å². The molecule has 0 radical (unpaired) electrons. The third-order valence-electron chi connectivity index (χ3n) is 5.64. The van der Waals surface area contributed by atoms with E-state index in [9.17, 15) is 14.4 Å². The van der Waals surface area contributed by atoms with E-state index in [0.29, 0.717) is 28.7 Å². The molecule has 9 heteroatoms. The molecule has 2 aromatic rings. The van der Waals surface area contributed by atoms with Gasteiger partial charge in [-0.15, -0.1) is 0 Å². The third kappa shape index (κ3) is 6.93. The van der Waals surface area contributed by atoms with Crippen LogP contribution in [-0.4, -0.2) is 48.3 Å². The molecule has 1 heterocycles. The van der Waals surface area contributed by atoms with Gasteiger partial charge in [-0.2, -0.15) is 0 Å². The molecule has 3 N–H and O–H groups in total. The summed E-state index contributed by atoms with van der Waals surface area (Å²) in [7, 11) is 0. The Morgan fingerprint density at radius 3 is 2.39 bits per heavy atom. The minimum absolute atomic E-state index is 0.0378. The summed E-state index contributed by atoms with van der Waals surface area (Å²) in [6.07, 6.45) is 2.44. The summed E-state index contributed by atoms with van der Waals surface area (Å²) in [5.41, 5.74) is 3.22. The van der Waals surface area contributed by atoms with E-state index in [-0.39, 0.29) is 30.8 Å². The number of halogens is 2. The number of nitrogens with zero attached hydrogens (tertiary/aromatic N) is 1. The van der Waals surface area contributed by atoms with Crippen LogP contribution in [0.3, 0.4) is 0 Å². The molecule has 176 valence electrons. The van der Waals surface area contributed by atoms with Gasteiger partial charge < -0.3 is 16.0 Å². The van der Waals surface area contributed by atoms with Crippen LogP contribution in [0.4, 0.5) is 11.4 Å². The maximum absolute atomic E-state index is 12.9. The van der Waals surface area contributed by atoms with Crippen LogP contribution in [0.1, 0.15) is 30.4 Å². The van der Waals surface area contributed by atoms with Gasteiger partial charge in [-0.3, -0.25) is 19.3 Å². The molecule has 2 aromatic carbocycles. The van der Waals surface area contributed by atoms with Gasteiger partial charge in [0.1, 0.15) is 0 Å². The second-order valence-corrected chi connectivity index (χ2v) is 9.01. The maximum Gasteiger partial charge on any atom is 0.243 e. The molecule has 3 amide bonds. The van der Waals surface area contributed by atoms with Crippen molar-refractivity contribution in [1.29, 1.82) is 0 Å². The maximum atomic E-state index is 12.9. The molecule has 1 fully saturated rings. The Kier molecular flexibility index (Phi) is 8.72. The van der Waals surface area contributed by atoms with Gasteiger partial charge in [0, 0.05) is 11.4 Å². The summed E-state index contributed by atoms with van der Waals surface area (Å²) in [5, 5.41) is 9.12. The zero-order valence-corrected chi connectivity index (χ0v) is 20.2. The Morgan fingerprint density at radius 2 is 1.70 bits per heavy atom. The van der Waals surface area contributed by atoms with Crippen molar-refractivity contribution in [1.82, 2.24) is 10.2 Å². The topological polar surface area (TPSA) is 90.5 Å². The standard InChI is InChI=1S/C24H28Cl2N4O3/c1-15-6-5-7-16(2)23(15)29-21(31)13-27-22(32)14-30-11-4-3-8-20(30)24(33)28-17-9-10-18(25)19(26)12-17/h5-7,9-10,12,20H,3-4,8,11,13-14H2,1-2H3,(H,27,32)(H,28,33)(H,29,31). The highest BCUT2D eigenvalue weighted by molar-refractivity contribution is 6.42. The summed E-state index contributed by atoms with van der Waals surface area (Å²) in [4.78, 5) is 39.5. The van der Waals surface area contributed by atoms with Gasteiger partial charge in [-0.1, -0.05) is 47.8 Å². The van der Waals surface area contributed by atoms with Crippen molar-refractivity contribution >= 4 is 52.3 Å². The molecule has 0 aliphatic carbocycles. The number of amides is 3. The average Bonchev–Trinajstić information content (AvgIpc) is 2.78. The molecular weight excluding hydrogens is 463 g/mol. The van der Waals surface area contributed by atoms with Crippen LogP contribution >= 0.6 is 23.2 Å². The van der Waals surface area contributed by atoms with E-state index in [1.54, 1.807) is 18.2 Å². The quantitative estimate of drug-likeness (QED) is 0.543. The van der Waals surface area contributed by atoms with Crippen LogP contribution in [0.25, 0.3) is 0 Å². The van der Waals surface area contributed by atoms with Crippen LogP contribution in [0.2, 0.25) is 10.0 Å². The molecular formula is C24H28Cl2N4O3. The monoisotopic (exact) mass is 490 g/mol. The number of para-hydroxylation sites is 1. The highest BCUT2D eigenvalue weighted by atomic mass is 35.5. The second kappa shape index (κ2) is 11.5. The highest BCUT2D eigenvalue weighted by Crippen LogP contribution is 2.26. The molecule has 1 unspecified atom stereocenters. The first-order valence-electron chi connectivity index (χ1n) is 10.9. The van der Waals surface area contributed by atoms with Crippen LogP contribution in [0.15, 0.2) is 36.4 Å². The van der Waals surface area contributed by atoms with E-state index in [1.165, 1.54) is 0 Å². The van der Waals surface area contributed by atoms with E-state index in [4.69, 9.17) is 23.2 Å².